The Kier molecular flexibility index (Phi) is 4.92. The first-order valence-electron chi connectivity index (χ1n) is 8.79. The quantitative estimate of drug-likeness (QED) is 0.778. The van der Waals surface area contributed by atoms with E-state index >= 15 is 0 Å². The van der Waals surface area contributed by atoms with E-state index in [-0.39, 0.29) is 36.0 Å². The van der Waals surface area contributed by atoms with Crippen LogP contribution in [0.4, 0.5) is 0 Å². The Morgan fingerprint density at radius 3 is 2.57 bits per heavy atom. The van der Waals surface area contributed by atoms with Crippen molar-refractivity contribution in [1.82, 2.24) is 9.80 Å². The molecule has 3 aliphatic rings. The van der Waals surface area contributed by atoms with E-state index in [2.05, 4.69) is 6.92 Å². The van der Waals surface area contributed by atoms with E-state index in [0.29, 0.717) is 13.1 Å². The minimum atomic E-state index is -0.281. The van der Waals surface area contributed by atoms with Gasteiger partial charge in [-0.05, 0) is 32.1 Å². The third-order valence-electron chi connectivity index (χ3n) is 5.72. The summed E-state index contributed by atoms with van der Waals surface area (Å²) >= 11 is 0. The molecule has 0 N–H and O–H groups in total. The third-order valence-corrected chi connectivity index (χ3v) is 5.72. The van der Waals surface area contributed by atoms with Crippen LogP contribution in [0.2, 0.25) is 0 Å². The highest BCUT2D eigenvalue weighted by Crippen LogP contribution is 2.42. The summed E-state index contributed by atoms with van der Waals surface area (Å²) in [4.78, 5) is 28.4. The lowest BCUT2D eigenvalue weighted by molar-refractivity contribution is -0.160. The lowest BCUT2D eigenvalue weighted by atomic mass is 9.80. The van der Waals surface area contributed by atoms with E-state index in [9.17, 15) is 9.59 Å². The van der Waals surface area contributed by atoms with Crippen LogP contribution >= 0.6 is 0 Å². The number of carbonyl (C=O) groups excluding carboxylic acids is 2. The van der Waals surface area contributed by atoms with Gasteiger partial charge < -0.3 is 19.3 Å². The molecule has 0 bridgehead atoms. The molecule has 0 aromatic rings. The molecule has 0 unspecified atom stereocenters. The van der Waals surface area contributed by atoms with Gasteiger partial charge in [-0.15, -0.1) is 0 Å². The molecule has 3 rings (SSSR count). The van der Waals surface area contributed by atoms with Crippen LogP contribution in [0, 0.1) is 5.92 Å². The first-order chi connectivity index (χ1) is 11.1. The van der Waals surface area contributed by atoms with Gasteiger partial charge in [0.15, 0.2) is 0 Å². The Bertz CT molecular complexity index is 464. The first-order valence-corrected chi connectivity index (χ1v) is 8.79. The molecular weight excluding hydrogens is 296 g/mol. The number of likely N-dealkylation sites (tertiary alicyclic amines) is 2. The lowest BCUT2D eigenvalue weighted by Gasteiger charge is -2.44. The molecule has 3 atom stereocenters. The van der Waals surface area contributed by atoms with Crippen LogP contribution in [0.1, 0.15) is 39.0 Å². The number of hydrogen-bond acceptors (Lipinski definition) is 4. The Hall–Kier alpha value is -1.14. The van der Waals surface area contributed by atoms with E-state index in [1.807, 2.05) is 9.80 Å². The molecule has 23 heavy (non-hydrogen) atoms. The average molecular weight is 324 g/mol. The molecule has 3 saturated heterocycles. The number of methoxy groups -OCH3 is 1. The van der Waals surface area contributed by atoms with Crippen molar-refractivity contribution in [2.45, 2.75) is 50.7 Å². The summed E-state index contributed by atoms with van der Waals surface area (Å²) in [7, 11) is 1.54. The SMILES string of the molecule is COCC(=O)N1CC[C@@]2(CC[C@@H](C(=O)N3CCCC3)O2)[C@H](C)C1. The van der Waals surface area contributed by atoms with Gasteiger partial charge in [-0.25, -0.2) is 0 Å². The van der Waals surface area contributed by atoms with Crippen molar-refractivity contribution in [1.29, 1.82) is 0 Å². The zero-order valence-electron chi connectivity index (χ0n) is 14.3. The van der Waals surface area contributed by atoms with Crippen LogP contribution in [-0.4, -0.2) is 73.2 Å². The molecule has 0 aromatic heterocycles. The zero-order chi connectivity index (χ0) is 16.4. The second-order valence-electron chi connectivity index (χ2n) is 7.17. The van der Waals surface area contributed by atoms with Crippen LogP contribution in [0.3, 0.4) is 0 Å². The summed E-state index contributed by atoms with van der Waals surface area (Å²) in [5, 5.41) is 0. The van der Waals surface area contributed by atoms with E-state index in [4.69, 9.17) is 9.47 Å². The minimum Gasteiger partial charge on any atom is -0.375 e. The predicted molar refractivity (Wildman–Crippen MR) is 84.9 cm³/mol. The zero-order valence-corrected chi connectivity index (χ0v) is 14.3. The maximum Gasteiger partial charge on any atom is 0.251 e. The van der Waals surface area contributed by atoms with Crippen LogP contribution in [0.25, 0.3) is 0 Å². The fourth-order valence-corrected chi connectivity index (χ4v) is 4.24. The van der Waals surface area contributed by atoms with Crippen molar-refractivity contribution in [3.05, 3.63) is 0 Å². The molecule has 6 heteroatoms. The standard InChI is InChI=1S/C17H28N2O4/c1-13-11-19(15(20)12-22-2)10-7-17(13)6-5-14(23-17)16(21)18-8-3-4-9-18/h13-14H,3-12H2,1-2H3/t13-,14+,17+/m1/s1. The molecule has 6 nitrogen and oxygen atoms in total. The summed E-state index contributed by atoms with van der Waals surface area (Å²) in [6.07, 6.45) is 4.48. The number of amides is 2. The number of hydrogen-bond donors (Lipinski definition) is 0. The van der Waals surface area contributed by atoms with Crippen molar-refractivity contribution < 1.29 is 19.1 Å². The Labute approximate surface area is 138 Å². The van der Waals surface area contributed by atoms with Crippen molar-refractivity contribution >= 4 is 11.8 Å². The average Bonchev–Trinajstić information content (AvgIpc) is 3.20. The summed E-state index contributed by atoms with van der Waals surface area (Å²) in [6.45, 7) is 5.40. The Morgan fingerprint density at radius 2 is 1.91 bits per heavy atom. The maximum absolute atomic E-state index is 12.6. The van der Waals surface area contributed by atoms with Gasteiger partial charge in [-0.3, -0.25) is 9.59 Å². The second kappa shape index (κ2) is 6.77. The largest absolute Gasteiger partial charge is 0.375 e. The summed E-state index contributed by atoms with van der Waals surface area (Å²) in [6, 6.07) is 0. The van der Waals surface area contributed by atoms with Crippen molar-refractivity contribution in [2.75, 3.05) is 39.9 Å². The van der Waals surface area contributed by atoms with Crippen LogP contribution in [0.15, 0.2) is 0 Å². The molecule has 2 amide bonds. The highest BCUT2D eigenvalue weighted by molar-refractivity contribution is 5.81. The Morgan fingerprint density at radius 1 is 1.17 bits per heavy atom. The number of piperidine rings is 1. The van der Waals surface area contributed by atoms with Crippen LogP contribution in [-0.2, 0) is 19.1 Å². The van der Waals surface area contributed by atoms with Gasteiger partial charge in [0.1, 0.15) is 12.7 Å². The normalized spacial score (nSPS) is 34.3. The van der Waals surface area contributed by atoms with E-state index < -0.39 is 0 Å². The van der Waals surface area contributed by atoms with Gasteiger partial charge in [-0.2, -0.15) is 0 Å². The number of nitrogens with zero attached hydrogens (tertiary/aromatic N) is 2. The van der Waals surface area contributed by atoms with Gasteiger partial charge in [0.05, 0.1) is 5.60 Å². The molecule has 0 aliphatic carbocycles. The van der Waals surface area contributed by atoms with Crippen LogP contribution < -0.4 is 0 Å². The van der Waals surface area contributed by atoms with Crippen LogP contribution in [0.5, 0.6) is 0 Å². The summed E-state index contributed by atoms with van der Waals surface area (Å²) < 4.78 is 11.2. The predicted octanol–water partition coefficient (Wildman–Crippen LogP) is 1.04. The summed E-state index contributed by atoms with van der Waals surface area (Å²) in [5.74, 6) is 0.454. The lowest BCUT2D eigenvalue weighted by Crippen LogP contribution is -2.53. The fourth-order valence-electron chi connectivity index (χ4n) is 4.24. The molecule has 3 aliphatic heterocycles. The van der Waals surface area contributed by atoms with Gasteiger partial charge in [0.25, 0.3) is 5.91 Å². The summed E-state index contributed by atoms with van der Waals surface area (Å²) in [5.41, 5.74) is -0.232. The van der Waals surface area contributed by atoms with E-state index in [1.54, 1.807) is 7.11 Å². The molecular formula is C17H28N2O4. The monoisotopic (exact) mass is 324 g/mol. The first kappa shape index (κ1) is 16.7. The molecule has 0 aromatic carbocycles. The number of rotatable bonds is 3. The van der Waals surface area contributed by atoms with Gasteiger partial charge in [-0.1, -0.05) is 6.92 Å². The molecule has 0 saturated carbocycles. The second-order valence-corrected chi connectivity index (χ2v) is 7.17. The van der Waals surface area contributed by atoms with E-state index in [0.717, 1.165) is 45.2 Å². The van der Waals surface area contributed by atoms with E-state index in [1.165, 1.54) is 0 Å². The van der Waals surface area contributed by atoms with Gasteiger partial charge >= 0.3 is 0 Å². The highest BCUT2D eigenvalue weighted by Gasteiger charge is 2.50. The van der Waals surface area contributed by atoms with Crippen molar-refractivity contribution in [3.8, 4) is 0 Å². The highest BCUT2D eigenvalue weighted by atomic mass is 16.5. The fraction of sp³-hybridized carbons (Fsp3) is 0.882. The smallest absolute Gasteiger partial charge is 0.251 e. The molecule has 1 spiro atoms. The third kappa shape index (κ3) is 3.24. The Balaban J connectivity index is 1.59. The molecule has 3 fully saturated rings. The van der Waals surface area contributed by atoms with Gasteiger partial charge in [0.2, 0.25) is 5.91 Å². The number of ether oxygens (including phenoxy) is 2. The number of carbonyl (C=O) groups is 2. The minimum absolute atomic E-state index is 0.0388. The topological polar surface area (TPSA) is 59.1 Å². The van der Waals surface area contributed by atoms with Crippen molar-refractivity contribution in [3.63, 3.8) is 0 Å². The van der Waals surface area contributed by atoms with Crippen molar-refractivity contribution in [2.24, 2.45) is 5.92 Å². The van der Waals surface area contributed by atoms with Gasteiger partial charge in [0, 0.05) is 39.2 Å². The molecule has 130 valence electrons. The maximum atomic E-state index is 12.6. The molecule has 3 heterocycles. The molecule has 0 radical (unpaired) electrons.